The van der Waals surface area contributed by atoms with Crippen molar-refractivity contribution in [1.29, 1.82) is 0 Å². The minimum atomic E-state index is -0.489. The fraction of sp³-hybridized carbons (Fsp3) is 0.0217. The van der Waals surface area contributed by atoms with Crippen LogP contribution in [0.4, 0.5) is 34.1 Å². The van der Waals surface area contributed by atoms with E-state index in [9.17, 15) is 0 Å². The topological polar surface area (TPSA) is 19.4 Å². The van der Waals surface area contributed by atoms with Crippen molar-refractivity contribution >= 4 is 44.9 Å². The summed E-state index contributed by atoms with van der Waals surface area (Å²) in [4.78, 5) is 9.30. The van der Waals surface area contributed by atoms with Crippen molar-refractivity contribution in [3.8, 4) is 11.1 Å². The molecule has 2 heterocycles. The SMILES string of the molecule is c1ccc(N(c2cccnc2)c2ccc3c(c2)N(c2ccc4ccccc4c2)c2ccccc2C32c3ccccc3-c3ccccc32)cc1. The number of anilines is 6. The van der Waals surface area contributed by atoms with E-state index >= 15 is 0 Å². The van der Waals surface area contributed by atoms with Crippen LogP contribution in [0.5, 0.6) is 0 Å². The maximum Gasteiger partial charge on any atom is 0.0754 e. The van der Waals surface area contributed by atoms with Gasteiger partial charge in [0.05, 0.1) is 28.7 Å². The zero-order valence-corrected chi connectivity index (χ0v) is 26.7. The van der Waals surface area contributed by atoms with E-state index in [1.54, 1.807) is 0 Å². The first-order chi connectivity index (χ1) is 24.3. The summed E-state index contributed by atoms with van der Waals surface area (Å²) in [6, 6.07) is 64.2. The lowest BCUT2D eigenvalue weighted by molar-refractivity contribution is 0.752. The van der Waals surface area contributed by atoms with Crippen LogP contribution >= 0.6 is 0 Å². The molecule has 1 spiro atoms. The number of pyridine rings is 1. The Kier molecular flexibility index (Phi) is 6.09. The number of aromatic nitrogens is 1. The molecule has 0 fully saturated rings. The summed E-state index contributed by atoms with van der Waals surface area (Å²) in [6.07, 6.45) is 3.77. The molecule has 0 N–H and O–H groups in total. The second-order valence-electron chi connectivity index (χ2n) is 12.8. The van der Waals surface area contributed by atoms with Crippen molar-refractivity contribution in [3.05, 3.63) is 211 Å². The lowest BCUT2D eigenvalue weighted by Crippen LogP contribution is -2.36. The van der Waals surface area contributed by atoms with E-state index < -0.39 is 5.41 Å². The lowest BCUT2D eigenvalue weighted by atomic mass is 9.64. The Morgan fingerprint density at radius 1 is 0.429 bits per heavy atom. The second-order valence-corrected chi connectivity index (χ2v) is 12.8. The van der Waals surface area contributed by atoms with Crippen LogP contribution in [0.2, 0.25) is 0 Å². The molecular formula is C46H31N3. The summed E-state index contributed by atoms with van der Waals surface area (Å²) in [7, 11) is 0. The molecule has 0 saturated heterocycles. The molecule has 0 saturated carbocycles. The largest absolute Gasteiger partial charge is 0.310 e. The van der Waals surface area contributed by atoms with Gasteiger partial charge >= 0.3 is 0 Å². The highest BCUT2D eigenvalue weighted by molar-refractivity contribution is 5.98. The van der Waals surface area contributed by atoms with Crippen molar-refractivity contribution in [1.82, 2.24) is 4.98 Å². The highest BCUT2D eigenvalue weighted by atomic mass is 15.2. The molecule has 1 aliphatic carbocycles. The molecule has 10 rings (SSSR count). The van der Waals surface area contributed by atoms with Crippen molar-refractivity contribution in [2.24, 2.45) is 0 Å². The third kappa shape index (κ3) is 3.99. The summed E-state index contributed by atoms with van der Waals surface area (Å²) in [6.45, 7) is 0. The quantitative estimate of drug-likeness (QED) is 0.194. The zero-order valence-electron chi connectivity index (χ0n) is 26.7. The van der Waals surface area contributed by atoms with Gasteiger partial charge in [0, 0.05) is 23.3 Å². The van der Waals surface area contributed by atoms with Gasteiger partial charge in [-0.1, -0.05) is 121 Å². The summed E-state index contributed by atoms with van der Waals surface area (Å²) in [5.74, 6) is 0. The molecule has 0 radical (unpaired) electrons. The molecule has 1 aromatic heterocycles. The smallest absolute Gasteiger partial charge is 0.0754 e. The van der Waals surface area contributed by atoms with Crippen molar-refractivity contribution in [3.63, 3.8) is 0 Å². The summed E-state index contributed by atoms with van der Waals surface area (Å²) < 4.78 is 0. The molecule has 2 aliphatic rings. The van der Waals surface area contributed by atoms with Crippen LogP contribution in [0, 0.1) is 0 Å². The highest BCUT2D eigenvalue weighted by Crippen LogP contribution is 2.63. The Balaban J connectivity index is 1.32. The first-order valence-corrected chi connectivity index (χ1v) is 16.8. The third-order valence-electron chi connectivity index (χ3n) is 10.3. The number of fused-ring (bicyclic) bond motifs is 10. The van der Waals surface area contributed by atoms with Crippen molar-refractivity contribution < 1.29 is 0 Å². The van der Waals surface area contributed by atoms with Gasteiger partial charge in [-0.3, -0.25) is 4.98 Å². The number of hydrogen-bond acceptors (Lipinski definition) is 3. The van der Waals surface area contributed by atoms with E-state index in [1.807, 2.05) is 18.5 Å². The van der Waals surface area contributed by atoms with E-state index in [1.165, 1.54) is 49.8 Å². The van der Waals surface area contributed by atoms with E-state index in [4.69, 9.17) is 0 Å². The third-order valence-corrected chi connectivity index (χ3v) is 10.3. The molecular weight excluding hydrogens is 595 g/mol. The molecule has 0 bridgehead atoms. The van der Waals surface area contributed by atoms with Gasteiger partial charge in [-0.15, -0.1) is 0 Å². The maximum absolute atomic E-state index is 4.52. The molecule has 7 aromatic carbocycles. The predicted molar refractivity (Wildman–Crippen MR) is 202 cm³/mol. The van der Waals surface area contributed by atoms with Crippen LogP contribution < -0.4 is 9.80 Å². The number of hydrogen-bond donors (Lipinski definition) is 0. The van der Waals surface area contributed by atoms with Gasteiger partial charge in [0.1, 0.15) is 0 Å². The number of para-hydroxylation sites is 2. The van der Waals surface area contributed by atoms with Gasteiger partial charge in [0.2, 0.25) is 0 Å². The van der Waals surface area contributed by atoms with Gasteiger partial charge in [0.25, 0.3) is 0 Å². The lowest BCUT2D eigenvalue weighted by Gasteiger charge is -2.45. The van der Waals surface area contributed by atoms with Gasteiger partial charge in [-0.2, -0.15) is 0 Å². The molecule has 3 heteroatoms. The second kappa shape index (κ2) is 10.8. The average molecular weight is 626 g/mol. The van der Waals surface area contributed by atoms with Crippen LogP contribution in [0.3, 0.4) is 0 Å². The zero-order chi connectivity index (χ0) is 32.4. The molecule has 49 heavy (non-hydrogen) atoms. The first kappa shape index (κ1) is 27.6. The van der Waals surface area contributed by atoms with Crippen molar-refractivity contribution in [2.75, 3.05) is 9.80 Å². The fourth-order valence-electron chi connectivity index (χ4n) is 8.34. The Bertz CT molecular complexity index is 2440. The molecule has 0 unspecified atom stereocenters. The molecule has 3 nitrogen and oxygen atoms in total. The molecule has 0 amide bonds. The Morgan fingerprint density at radius 2 is 1.06 bits per heavy atom. The van der Waals surface area contributed by atoms with E-state index in [0.29, 0.717) is 0 Å². The van der Waals surface area contributed by atoms with Crippen LogP contribution in [-0.2, 0) is 5.41 Å². The monoisotopic (exact) mass is 625 g/mol. The van der Waals surface area contributed by atoms with Crippen LogP contribution in [0.15, 0.2) is 188 Å². The number of benzene rings is 7. The summed E-state index contributed by atoms with van der Waals surface area (Å²) >= 11 is 0. The molecule has 8 aromatic rings. The molecule has 230 valence electrons. The minimum absolute atomic E-state index is 0.489. The standard InChI is InChI=1S/C46H31N3/c1-2-15-34(16-3-1)48(37-17-12-28-47-31-37)36-26-27-43-45(30-36)49(35-25-24-32-13-4-5-14-33(32)29-35)44-23-11-10-22-42(44)46(43)40-20-8-6-18-38(40)39-19-7-9-21-41(39)46/h1-31H. The number of nitrogens with zero attached hydrogens (tertiary/aromatic N) is 3. The van der Waals surface area contributed by atoms with Gasteiger partial charge < -0.3 is 9.80 Å². The Morgan fingerprint density at radius 3 is 1.82 bits per heavy atom. The fourth-order valence-corrected chi connectivity index (χ4v) is 8.34. The van der Waals surface area contributed by atoms with Crippen LogP contribution in [0.1, 0.15) is 22.3 Å². The van der Waals surface area contributed by atoms with Crippen molar-refractivity contribution in [2.45, 2.75) is 5.41 Å². The molecule has 1 aliphatic heterocycles. The first-order valence-electron chi connectivity index (χ1n) is 16.8. The van der Waals surface area contributed by atoms with Gasteiger partial charge in [-0.25, -0.2) is 0 Å². The van der Waals surface area contributed by atoms with Gasteiger partial charge in [0.15, 0.2) is 0 Å². The predicted octanol–water partition coefficient (Wildman–Crippen LogP) is 11.9. The normalized spacial score (nSPS) is 13.4. The molecule has 0 atom stereocenters. The van der Waals surface area contributed by atoms with Crippen LogP contribution in [0.25, 0.3) is 21.9 Å². The van der Waals surface area contributed by atoms with E-state index in [2.05, 4.69) is 185 Å². The summed E-state index contributed by atoms with van der Waals surface area (Å²) in [5.41, 5.74) is 13.9. The maximum atomic E-state index is 4.52. The Hall–Kier alpha value is -6.45. The highest BCUT2D eigenvalue weighted by Gasteiger charge is 2.51. The summed E-state index contributed by atoms with van der Waals surface area (Å²) in [5, 5.41) is 2.45. The Labute approximate surface area is 286 Å². The number of rotatable bonds is 4. The average Bonchev–Trinajstić information content (AvgIpc) is 3.47. The van der Waals surface area contributed by atoms with E-state index in [-0.39, 0.29) is 0 Å². The van der Waals surface area contributed by atoms with E-state index in [0.717, 1.165) is 28.4 Å². The minimum Gasteiger partial charge on any atom is -0.310 e. The van der Waals surface area contributed by atoms with Gasteiger partial charge in [-0.05, 0) is 98.8 Å². The van der Waals surface area contributed by atoms with Crippen LogP contribution in [-0.4, -0.2) is 4.98 Å².